The lowest BCUT2D eigenvalue weighted by molar-refractivity contribution is -0.385. The number of carbonyl (C=O) groups excluding carboxylic acids is 2. The Balaban J connectivity index is 1.57. The van der Waals surface area contributed by atoms with Gasteiger partial charge in [0.2, 0.25) is 5.91 Å². The smallest absolute Gasteiger partial charge is 0.269 e. The third kappa shape index (κ3) is 3.42. The Labute approximate surface area is 157 Å². The van der Waals surface area contributed by atoms with Crippen molar-refractivity contribution >= 4 is 17.6 Å². The molecule has 5 rings (SSSR count). The molecule has 0 aliphatic heterocycles. The van der Waals surface area contributed by atoms with E-state index in [4.69, 9.17) is 0 Å². The molecule has 4 fully saturated rings. The van der Waals surface area contributed by atoms with Crippen LogP contribution in [0, 0.1) is 33.3 Å². The molecule has 4 saturated carbocycles. The van der Waals surface area contributed by atoms with Gasteiger partial charge in [-0.3, -0.25) is 14.9 Å². The summed E-state index contributed by atoms with van der Waals surface area (Å²) in [6.07, 6.45) is 5.84. The molecular formula is C20H23N2O5-. The van der Waals surface area contributed by atoms with E-state index in [0.29, 0.717) is 23.3 Å². The van der Waals surface area contributed by atoms with Gasteiger partial charge in [-0.25, -0.2) is 0 Å². The van der Waals surface area contributed by atoms with Crippen molar-refractivity contribution in [1.29, 1.82) is 0 Å². The van der Waals surface area contributed by atoms with Crippen LogP contribution in [0.15, 0.2) is 24.3 Å². The number of amides is 1. The molecule has 0 aromatic heterocycles. The van der Waals surface area contributed by atoms with Crippen molar-refractivity contribution in [2.24, 2.45) is 23.2 Å². The molecule has 4 aliphatic carbocycles. The molecule has 4 aliphatic rings. The molecule has 0 saturated heterocycles. The Morgan fingerprint density at radius 1 is 1.15 bits per heavy atom. The number of carboxylic acid groups (broad SMARTS) is 1. The average Bonchev–Trinajstić information content (AvgIpc) is 2.59. The fraction of sp³-hybridized carbons (Fsp3) is 0.600. The quantitative estimate of drug-likeness (QED) is 0.608. The summed E-state index contributed by atoms with van der Waals surface area (Å²) in [5.74, 6) is 0.398. The van der Waals surface area contributed by atoms with Crippen LogP contribution >= 0.6 is 0 Å². The zero-order valence-electron chi connectivity index (χ0n) is 15.1. The second kappa shape index (κ2) is 6.62. The second-order valence-electron chi connectivity index (χ2n) is 8.65. The number of hydrogen-bond acceptors (Lipinski definition) is 5. The van der Waals surface area contributed by atoms with Crippen molar-refractivity contribution < 1.29 is 19.6 Å². The van der Waals surface area contributed by atoms with Gasteiger partial charge in [0.1, 0.15) is 0 Å². The fourth-order valence-electron chi connectivity index (χ4n) is 5.97. The van der Waals surface area contributed by atoms with Crippen LogP contribution in [0.5, 0.6) is 0 Å². The van der Waals surface area contributed by atoms with E-state index >= 15 is 0 Å². The van der Waals surface area contributed by atoms with E-state index in [0.717, 1.165) is 19.3 Å². The predicted octanol–water partition coefficient (Wildman–Crippen LogP) is 2.11. The third-order valence-corrected chi connectivity index (χ3v) is 6.68. The van der Waals surface area contributed by atoms with E-state index in [1.165, 1.54) is 37.5 Å². The molecule has 0 heterocycles. The monoisotopic (exact) mass is 371 g/mol. The van der Waals surface area contributed by atoms with Crippen molar-refractivity contribution in [1.82, 2.24) is 5.32 Å². The molecule has 1 aromatic carbocycles. The Bertz CT molecular complexity index is 755. The lowest BCUT2D eigenvalue weighted by Crippen LogP contribution is -2.54. The third-order valence-electron chi connectivity index (χ3n) is 6.68. The molecule has 7 nitrogen and oxygen atoms in total. The molecule has 1 atom stereocenters. The maximum atomic E-state index is 13.2. The zero-order valence-corrected chi connectivity index (χ0v) is 15.1. The first kappa shape index (κ1) is 17.9. The van der Waals surface area contributed by atoms with E-state index in [2.05, 4.69) is 5.32 Å². The largest absolute Gasteiger partial charge is 0.550 e. The standard InChI is InChI=1S/C20H24N2O5/c23-18(24)8-17(15-2-1-3-16(7-15)22(26)27)21-19(25)20-9-12-4-13(10-20)6-14(5-12)11-20/h1-3,7,12-14,17H,4-6,8-11H2,(H,21,25)(H,23,24)/p-1/t12?,13?,14?,17-,20?/m0/s1. The number of carbonyl (C=O) groups is 2. The minimum Gasteiger partial charge on any atom is -0.550 e. The molecule has 0 spiro atoms. The van der Waals surface area contributed by atoms with Crippen molar-refractivity contribution in [3.63, 3.8) is 0 Å². The first-order valence-corrected chi connectivity index (χ1v) is 9.60. The molecular weight excluding hydrogens is 348 g/mol. The predicted molar refractivity (Wildman–Crippen MR) is 94.2 cm³/mol. The maximum Gasteiger partial charge on any atom is 0.269 e. The molecule has 1 N–H and O–H groups in total. The van der Waals surface area contributed by atoms with E-state index in [-0.39, 0.29) is 11.6 Å². The van der Waals surface area contributed by atoms with Crippen LogP contribution in [-0.2, 0) is 9.59 Å². The molecule has 4 bridgehead atoms. The summed E-state index contributed by atoms with van der Waals surface area (Å²) >= 11 is 0. The van der Waals surface area contributed by atoms with Crippen LogP contribution in [0.2, 0.25) is 0 Å². The van der Waals surface area contributed by atoms with Crippen LogP contribution in [0.4, 0.5) is 5.69 Å². The fourth-order valence-corrected chi connectivity index (χ4v) is 5.97. The highest BCUT2D eigenvalue weighted by Crippen LogP contribution is 2.60. The number of carboxylic acids is 1. The minimum absolute atomic E-state index is 0.0978. The van der Waals surface area contributed by atoms with Gasteiger partial charge in [-0.15, -0.1) is 0 Å². The van der Waals surface area contributed by atoms with Crippen molar-refractivity contribution in [3.8, 4) is 0 Å². The molecule has 27 heavy (non-hydrogen) atoms. The van der Waals surface area contributed by atoms with Crippen LogP contribution in [0.25, 0.3) is 0 Å². The lowest BCUT2D eigenvalue weighted by Gasteiger charge is -2.55. The molecule has 0 unspecified atom stereocenters. The summed E-state index contributed by atoms with van der Waals surface area (Å²) in [6, 6.07) is 4.97. The lowest BCUT2D eigenvalue weighted by atomic mass is 9.49. The normalized spacial score (nSPS) is 32.1. The molecule has 144 valence electrons. The van der Waals surface area contributed by atoms with Gasteiger partial charge in [0, 0.05) is 29.9 Å². The van der Waals surface area contributed by atoms with Crippen LogP contribution in [0.1, 0.15) is 56.6 Å². The summed E-state index contributed by atoms with van der Waals surface area (Å²) in [5, 5.41) is 25.2. The summed E-state index contributed by atoms with van der Waals surface area (Å²) in [7, 11) is 0. The SMILES string of the molecule is O=C([O-])C[C@H](NC(=O)C12CC3CC(CC(C3)C1)C2)c1cccc([N+](=O)[O-])c1. The number of nitro benzene ring substituents is 1. The van der Waals surface area contributed by atoms with Crippen LogP contribution in [0.3, 0.4) is 0 Å². The van der Waals surface area contributed by atoms with Crippen LogP contribution < -0.4 is 10.4 Å². The van der Waals surface area contributed by atoms with E-state index in [1.54, 1.807) is 6.07 Å². The van der Waals surface area contributed by atoms with Gasteiger partial charge in [0.05, 0.1) is 11.0 Å². The van der Waals surface area contributed by atoms with Crippen LogP contribution in [-0.4, -0.2) is 16.8 Å². The Hall–Kier alpha value is -2.44. The number of nitrogens with one attached hydrogen (secondary N) is 1. The number of aliphatic carboxylic acids is 1. The molecule has 0 radical (unpaired) electrons. The minimum atomic E-state index is -1.29. The van der Waals surface area contributed by atoms with E-state index < -0.39 is 28.8 Å². The Morgan fingerprint density at radius 3 is 2.26 bits per heavy atom. The Kier molecular flexibility index (Phi) is 4.40. The first-order chi connectivity index (χ1) is 12.8. The molecule has 1 amide bonds. The Morgan fingerprint density at radius 2 is 1.74 bits per heavy atom. The van der Waals surface area contributed by atoms with E-state index in [9.17, 15) is 24.8 Å². The van der Waals surface area contributed by atoms with Gasteiger partial charge in [-0.05, 0) is 61.8 Å². The molecule has 1 aromatic rings. The number of non-ortho nitro benzene ring substituents is 1. The van der Waals surface area contributed by atoms with Crippen molar-refractivity contribution in [2.75, 3.05) is 0 Å². The highest BCUT2D eigenvalue weighted by Gasteiger charge is 2.54. The van der Waals surface area contributed by atoms with Gasteiger partial charge < -0.3 is 15.2 Å². The topological polar surface area (TPSA) is 112 Å². The van der Waals surface area contributed by atoms with Gasteiger partial charge >= 0.3 is 0 Å². The van der Waals surface area contributed by atoms with Crippen molar-refractivity contribution in [3.05, 3.63) is 39.9 Å². The number of hydrogen-bond donors (Lipinski definition) is 1. The molecule has 7 heteroatoms. The number of nitro groups is 1. The average molecular weight is 371 g/mol. The second-order valence-corrected chi connectivity index (χ2v) is 8.65. The number of rotatable bonds is 6. The van der Waals surface area contributed by atoms with Gasteiger partial charge in [0.15, 0.2) is 0 Å². The summed E-state index contributed by atoms with van der Waals surface area (Å²) in [6.45, 7) is 0. The maximum absolute atomic E-state index is 13.2. The summed E-state index contributed by atoms with van der Waals surface area (Å²) in [5.41, 5.74) is -0.106. The first-order valence-electron chi connectivity index (χ1n) is 9.60. The van der Waals surface area contributed by atoms with Gasteiger partial charge in [-0.2, -0.15) is 0 Å². The number of benzene rings is 1. The highest BCUT2D eigenvalue weighted by atomic mass is 16.6. The summed E-state index contributed by atoms with van der Waals surface area (Å²) in [4.78, 5) is 35.0. The number of nitrogens with zero attached hydrogens (tertiary/aromatic N) is 1. The van der Waals surface area contributed by atoms with Gasteiger partial charge in [0.25, 0.3) is 5.69 Å². The van der Waals surface area contributed by atoms with Gasteiger partial charge in [-0.1, -0.05) is 12.1 Å². The highest BCUT2D eigenvalue weighted by molar-refractivity contribution is 5.84. The summed E-state index contributed by atoms with van der Waals surface area (Å²) < 4.78 is 0. The van der Waals surface area contributed by atoms with Crippen molar-refractivity contribution in [2.45, 2.75) is 51.0 Å². The zero-order chi connectivity index (χ0) is 19.2. The van der Waals surface area contributed by atoms with E-state index in [1.807, 2.05) is 0 Å².